The van der Waals surface area contributed by atoms with Crippen LogP contribution in [0.5, 0.6) is 0 Å². The van der Waals surface area contributed by atoms with Gasteiger partial charge in [0.15, 0.2) is 0 Å². The van der Waals surface area contributed by atoms with Gasteiger partial charge in [-0.15, -0.1) is 0 Å². The Morgan fingerprint density at radius 2 is 0.955 bits per heavy atom. The number of hydrogen-bond donors (Lipinski definition) is 0. The predicted molar refractivity (Wildman–Crippen MR) is 97.4 cm³/mol. The monoisotopic (exact) mass is 284 g/mol. The van der Waals surface area contributed by atoms with E-state index in [1.165, 1.54) is 0 Å². The number of aromatic nitrogens is 2. The highest BCUT2D eigenvalue weighted by molar-refractivity contribution is 6.01. The molecule has 0 saturated heterocycles. The van der Waals surface area contributed by atoms with Crippen molar-refractivity contribution in [2.75, 3.05) is 0 Å². The molecule has 2 nitrogen and oxygen atoms in total. The van der Waals surface area contributed by atoms with Crippen LogP contribution in [0.4, 0.5) is 0 Å². The fourth-order valence-electron chi connectivity index (χ4n) is 2.77. The van der Waals surface area contributed by atoms with Crippen LogP contribution >= 0.6 is 0 Å². The van der Waals surface area contributed by atoms with Crippen molar-refractivity contribution in [1.29, 1.82) is 0 Å². The number of fused-ring (bicyclic) bond motifs is 2. The second kappa shape index (κ2) is 5.41. The van der Waals surface area contributed by atoms with Gasteiger partial charge in [-0.2, -0.15) is 0 Å². The first-order valence-corrected chi connectivity index (χ1v) is 7.01. The Morgan fingerprint density at radius 1 is 0.591 bits per heavy atom. The maximum atomic E-state index is 4.78. The molecule has 0 radical (unpaired) electrons. The van der Waals surface area contributed by atoms with E-state index in [0.717, 1.165) is 44.3 Å². The molecular formula is C20H16N2. The van der Waals surface area contributed by atoms with Crippen molar-refractivity contribution in [2.45, 2.75) is 0 Å². The zero-order valence-corrected chi connectivity index (χ0v) is 12.3. The smallest absolute Gasteiger partial charge is 0.0979 e. The second-order valence-electron chi connectivity index (χ2n) is 4.88. The van der Waals surface area contributed by atoms with Gasteiger partial charge < -0.3 is 0 Å². The summed E-state index contributed by atoms with van der Waals surface area (Å²) in [4.78, 5) is 9.56. The molecule has 22 heavy (non-hydrogen) atoms. The summed E-state index contributed by atoms with van der Waals surface area (Å²) in [7, 11) is 0. The summed E-state index contributed by atoms with van der Waals surface area (Å²) in [5.41, 5.74) is 7.08. The fraction of sp³-hybridized carbons (Fsp3) is 0. The maximum absolute atomic E-state index is 4.78. The van der Waals surface area contributed by atoms with Crippen LogP contribution in [0.3, 0.4) is 0 Å². The van der Waals surface area contributed by atoms with Crippen LogP contribution in [0, 0.1) is 0 Å². The average molecular weight is 284 g/mol. The van der Waals surface area contributed by atoms with E-state index in [1.807, 2.05) is 24.3 Å². The summed E-state index contributed by atoms with van der Waals surface area (Å²) >= 11 is 0. The highest BCUT2D eigenvalue weighted by Gasteiger charge is 2.15. The van der Waals surface area contributed by atoms with Gasteiger partial charge in [0.25, 0.3) is 0 Å². The molecular weight excluding hydrogens is 268 g/mol. The first kappa shape index (κ1) is 14.0. The Labute approximate surface area is 129 Å². The zero-order chi connectivity index (χ0) is 15.7. The van der Waals surface area contributed by atoms with E-state index in [2.05, 4.69) is 26.3 Å². The molecule has 3 aromatic rings. The molecule has 0 atom stereocenters. The van der Waals surface area contributed by atoms with E-state index in [4.69, 9.17) is 9.97 Å². The third-order valence-electron chi connectivity index (χ3n) is 3.77. The lowest BCUT2D eigenvalue weighted by Gasteiger charge is -2.14. The molecule has 0 aliphatic rings. The van der Waals surface area contributed by atoms with Crippen molar-refractivity contribution in [3.63, 3.8) is 0 Å². The van der Waals surface area contributed by atoms with E-state index in [-0.39, 0.29) is 0 Å². The molecule has 1 aromatic heterocycles. The lowest BCUT2D eigenvalue weighted by Crippen LogP contribution is -1.99. The Morgan fingerprint density at radius 3 is 1.27 bits per heavy atom. The first-order valence-electron chi connectivity index (χ1n) is 7.01. The van der Waals surface area contributed by atoms with Gasteiger partial charge in [0, 0.05) is 11.1 Å². The molecule has 1 heterocycles. The van der Waals surface area contributed by atoms with Crippen LogP contribution in [-0.4, -0.2) is 9.97 Å². The van der Waals surface area contributed by atoms with Crippen LogP contribution in [0.25, 0.3) is 46.4 Å². The normalized spacial score (nSPS) is 10.5. The number of nitrogens with zero attached hydrogens (tertiary/aromatic N) is 2. The van der Waals surface area contributed by atoms with Crippen LogP contribution in [0.2, 0.25) is 0 Å². The number of rotatable bonds is 4. The Kier molecular flexibility index (Phi) is 3.43. The van der Waals surface area contributed by atoms with E-state index >= 15 is 0 Å². The molecule has 0 aliphatic heterocycles. The summed E-state index contributed by atoms with van der Waals surface area (Å²) in [6, 6.07) is 7.82. The predicted octanol–water partition coefficient (Wildman–Crippen LogP) is 5.36. The van der Waals surface area contributed by atoms with E-state index in [9.17, 15) is 0 Å². The van der Waals surface area contributed by atoms with Gasteiger partial charge in [0.2, 0.25) is 0 Å². The van der Waals surface area contributed by atoms with Crippen molar-refractivity contribution in [3.05, 3.63) is 72.8 Å². The summed E-state index contributed by atoms with van der Waals surface area (Å²) < 4.78 is 0. The quantitative estimate of drug-likeness (QED) is 0.603. The van der Waals surface area contributed by atoms with Gasteiger partial charge in [-0.25, -0.2) is 9.97 Å². The fourth-order valence-corrected chi connectivity index (χ4v) is 2.77. The SMILES string of the molecule is C=Cc1c(C=C)c(C=C)c2nc3ccccc3nc2c1C=C. The molecule has 0 aliphatic carbocycles. The van der Waals surface area contributed by atoms with Gasteiger partial charge in [-0.1, -0.05) is 62.8 Å². The highest BCUT2D eigenvalue weighted by atomic mass is 14.8. The van der Waals surface area contributed by atoms with Gasteiger partial charge in [-0.3, -0.25) is 0 Å². The second-order valence-corrected chi connectivity index (χ2v) is 4.88. The maximum Gasteiger partial charge on any atom is 0.0979 e. The Hall–Kier alpha value is -3.00. The lowest BCUT2D eigenvalue weighted by molar-refractivity contribution is 1.37. The van der Waals surface area contributed by atoms with E-state index < -0.39 is 0 Å². The minimum Gasteiger partial charge on any atom is -0.244 e. The highest BCUT2D eigenvalue weighted by Crippen LogP contribution is 2.33. The zero-order valence-electron chi connectivity index (χ0n) is 12.3. The molecule has 0 N–H and O–H groups in total. The van der Waals surface area contributed by atoms with E-state index in [1.54, 1.807) is 24.3 Å². The summed E-state index contributed by atoms with van der Waals surface area (Å²) in [6.07, 6.45) is 7.19. The lowest BCUT2D eigenvalue weighted by atomic mass is 9.93. The molecule has 0 bridgehead atoms. The van der Waals surface area contributed by atoms with Crippen molar-refractivity contribution < 1.29 is 0 Å². The van der Waals surface area contributed by atoms with Crippen LogP contribution in [-0.2, 0) is 0 Å². The Balaban J connectivity index is 2.65. The van der Waals surface area contributed by atoms with Crippen molar-refractivity contribution in [1.82, 2.24) is 9.97 Å². The molecule has 0 fully saturated rings. The largest absolute Gasteiger partial charge is 0.244 e. The summed E-state index contributed by atoms with van der Waals surface area (Å²) in [5.74, 6) is 0. The Bertz CT molecular complexity index is 871. The van der Waals surface area contributed by atoms with Crippen LogP contribution in [0.15, 0.2) is 50.6 Å². The summed E-state index contributed by atoms with van der Waals surface area (Å²) in [5, 5.41) is 0. The molecule has 0 unspecified atom stereocenters. The van der Waals surface area contributed by atoms with Crippen molar-refractivity contribution in [3.8, 4) is 0 Å². The van der Waals surface area contributed by atoms with Gasteiger partial charge >= 0.3 is 0 Å². The number of para-hydroxylation sites is 2. The molecule has 0 spiro atoms. The summed E-state index contributed by atoms with van der Waals surface area (Å²) in [6.45, 7) is 15.7. The molecule has 2 aromatic carbocycles. The van der Waals surface area contributed by atoms with Crippen molar-refractivity contribution in [2.24, 2.45) is 0 Å². The van der Waals surface area contributed by atoms with Crippen molar-refractivity contribution >= 4 is 46.4 Å². The third-order valence-corrected chi connectivity index (χ3v) is 3.77. The number of hydrogen-bond acceptors (Lipinski definition) is 2. The minimum atomic E-state index is 0.809. The van der Waals surface area contributed by atoms with Gasteiger partial charge in [0.1, 0.15) is 0 Å². The third kappa shape index (κ3) is 1.89. The van der Waals surface area contributed by atoms with Crippen LogP contribution in [0.1, 0.15) is 22.3 Å². The molecule has 3 rings (SSSR count). The molecule has 2 heteroatoms. The minimum absolute atomic E-state index is 0.809. The standard InChI is InChI=1S/C20H16N2/c1-5-13-14(6-2)16(8-4)20-19(15(13)7-3)21-17-11-9-10-12-18(17)22-20/h5-12H,1-4H2. The molecule has 0 saturated carbocycles. The van der Waals surface area contributed by atoms with E-state index in [0.29, 0.717) is 0 Å². The number of benzene rings is 2. The average Bonchev–Trinajstić information content (AvgIpc) is 2.57. The first-order chi connectivity index (χ1) is 10.7. The molecule has 0 amide bonds. The topological polar surface area (TPSA) is 25.8 Å². The van der Waals surface area contributed by atoms with Gasteiger partial charge in [0.05, 0.1) is 22.1 Å². The molecule has 106 valence electrons. The van der Waals surface area contributed by atoms with Crippen LogP contribution < -0.4 is 0 Å². The van der Waals surface area contributed by atoms with Gasteiger partial charge in [-0.05, 0) is 23.3 Å².